The summed E-state index contributed by atoms with van der Waals surface area (Å²) in [5.41, 5.74) is 0.913. The second kappa shape index (κ2) is 7.13. The number of rotatable bonds is 6. The van der Waals surface area contributed by atoms with Gasteiger partial charge in [-0.25, -0.2) is 4.79 Å². The summed E-state index contributed by atoms with van der Waals surface area (Å²) < 4.78 is 15.8. The lowest BCUT2D eigenvalue weighted by Crippen LogP contribution is -2.07. The molecule has 0 spiro atoms. The highest BCUT2D eigenvalue weighted by Gasteiger charge is 2.23. The van der Waals surface area contributed by atoms with Crippen LogP contribution in [0.3, 0.4) is 0 Å². The van der Waals surface area contributed by atoms with Crippen molar-refractivity contribution in [1.29, 1.82) is 0 Å². The number of aromatic nitrogens is 3. The van der Waals surface area contributed by atoms with Gasteiger partial charge in [0.1, 0.15) is 12.3 Å². The van der Waals surface area contributed by atoms with Crippen molar-refractivity contribution in [2.75, 3.05) is 20.3 Å². The molecule has 0 atom stereocenters. The molecule has 0 aliphatic carbocycles. The quantitative estimate of drug-likeness (QED) is 0.645. The van der Waals surface area contributed by atoms with Gasteiger partial charge in [-0.15, -0.1) is 11.5 Å². The molecule has 22 heavy (non-hydrogen) atoms. The van der Waals surface area contributed by atoms with Crippen molar-refractivity contribution in [3.63, 3.8) is 0 Å². The Morgan fingerprint density at radius 1 is 1.41 bits per heavy atom. The van der Waals surface area contributed by atoms with E-state index in [2.05, 4.69) is 21.3 Å². The molecule has 0 aliphatic heterocycles. The summed E-state index contributed by atoms with van der Waals surface area (Å²) in [6.45, 7) is 2.01. The Balaban J connectivity index is 2.51. The van der Waals surface area contributed by atoms with Crippen LogP contribution in [0.5, 0.6) is 11.5 Å². The number of aromatic amines is 1. The number of nitrogens with zero attached hydrogens (tertiary/aromatic N) is 2. The van der Waals surface area contributed by atoms with Crippen LogP contribution in [0.2, 0.25) is 0 Å². The van der Waals surface area contributed by atoms with Gasteiger partial charge in [-0.3, -0.25) is 0 Å². The number of esters is 1. The van der Waals surface area contributed by atoms with Gasteiger partial charge in [0.05, 0.1) is 19.3 Å². The van der Waals surface area contributed by atoms with Gasteiger partial charge in [0.15, 0.2) is 17.2 Å². The summed E-state index contributed by atoms with van der Waals surface area (Å²) in [5, 5.41) is 10.3. The SMILES string of the molecule is C#CCOc1c(OC)cccc1-c1n[nH]nc1C(=O)OCC. The average molecular weight is 301 g/mol. The molecule has 0 fully saturated rings. The number of terminal acetylenes is 1. The monoisotopic (exact) mass is 301 g/mol. The van der Waals surface area contributed by atoms with E-state index in [1.165, 1.54) is 7.11 Å². The Labute approximate surface area is 127 Å². The number of H-pyrrole nitrogens is 1. The fraction of sp³-hybridized carbons (Fsp3) is 0.267. The highest BCUT2D eigenvalue weighted by Crippen LogP contribution is 2.38. The molecule has 7 nitrogen and oxygen atoms in total. The highest BCUT2D eigenvalue weighted by molar-refractivity contribution is 5.95. The lowest BCUT2D eigenvalue weighted by Gasteiger charge is -2.12. The first-order valence-corrected chi connectivity index (χ1v) is 6.54. The summed E-state index contributed by atoms with van der Waals surface area (Å²) in [6, 6.07) is 5.20. The number of hydrogen-bond acceptors (Lipinski definition) is 6. The van der Waals surface area contributed by atoms with Gasteiger partial charge < -0.3 is 14.2 Å². The summed E-state index contributed by atoms with van der Waals surface area (Å²) in [7, 11) is 1.51. The molecule has 1 heterocycles. The lowest BCUT2D eigenvalue weighted by atomic mass is 10.1. The first-order valence-electron chi connectivity index (χ1n) is 6.54. The molecular formula is C15H15N3O4. The van der Waals surface area contributed by atoms with Crippen molar-refractivity contribution >= 4 is 5.97 Å². The molecule has 0 amide bonds. The minimum atomic E-state index is -0.572. The molecule has 114 valence electrons. The molecular weight excluding hydrogens is 286 g/mol. The summed E-state index contributed by atoms with van der Waals surface area (Å²) in [5.74, 6) is 2.68. The van der Waals surface area contributed by atoms with E-state index in [1.807, 2.05) is 0 Å². The van der Waals surface area contributed by atoms with Crippen molar-refractivity contribution < 1.29 is 19.0 Å². The van der Waals surface area contributed by atoms with Crippen molar-refractivity contribution in [2.45, 2.75) is 6.92 Å². The second-order valence-corrected chi connectivity index (χ2v) is 4.07. The van der Waals surface area contributed by atoms with Gasteiger partial charge in [0.2, 0.25) is 0 Å². The molecule has 0 radical (unpaired) electrons. The number of methoxy groups -OCH3 is 1. The first-order chi connectivity index (χ1) is 10.7. The third-order valence-corrected chi connectivity index (χ3v) is 2.77. The molecule has 2 rings (SSSR count). The number of nitrogens with one attached hydrogen (secondary N) is 1. The number of para-hydroxylation sites is 1. The van der Waals surface area contributed by atoms with E-state index in [0.29, 0.717) is 22.8 Å². The van der Waals surface area contributed by atoms with Crippen LogP contribution in [0.15, 0.2) is 18.2 Å². The van der Waals surface area contributed by atoms with Crippen LogP contribution in [0.4, 0.5) is 0 Å². The van der Waals surface area contributed by atoms with Crippen LogP contribution in [-0.2, 0) is 4.74 Å². The molecule has 1 aromatic carbocycles. The van der Waals surface area contributed by atoms with E-state index < -0.39 is 5.97 Å². The van der Waals surface area contributed by atoms with E-state index in [9.17, 15) is 4.79 Å². The third-order valence-electron chi connectivity index (χ3n) is 2.77. The van der Waals surface area contributed by atoms with Crippen LogP contribution >= 0.6 is 0 Å². The molecule has 0 saturated carbocycles. The molecule has 2 aromatic rings. The van der Waals surface area contributed by atoms with Crippen molar-refractivity contribution in [3.05, 3.63) is 23.9 Å². The largest absolute Gasteiger partial charge is 0.493 e. The maximum atomic E-state index is 11.9. The molecule has 1 N–H and O–H groups in total. The normalized spacial score (nSPS) is 9.86. The van der Waals surface area contributed by atoms with E-state index >= 15 is 0 Å². The number of carbonyl (C=O) groups excluding carboxylic acids is 1. The molecule has 0 unspecified atom stereocenters. The summed E-state index contributed by atoms with van der Waals surface area (Å²) >= 11 is 0. The number of benzene rings is 1. The van der Waals surface area contributed by atoms with Crippen LogP contribution in [0.1, 0.15) is 17.4 Å². The van der Waals surface area contributed by atoms with Gasteiger partial charge in [-0.1, -0.05) is 12.0 Å². The van der Waals surface area contributed by atoms with Crippen LogP contribution < -0.4 is 9.47 Å². The van der Waals surface area contributed by atoms with E-state index in [1.54, 1.807) is 25.1 Å². The van der Waals surface area contributed by atoms with Crippen LogP contribution in [-0.4, -0.2) is 41.7 Å². The van der Waals surface area contributed by atoms with E-state index in [-0.39, 0.29) is 18.9 Å². The zero-order chi connectivity index (χ0) is 15.9. The summed E-state index contributed by atoms with van der Waals surface area (Å²) in [4.78, 5) is 11.9. The third kappa shape index (κ3) is 3.01. The Hall–Kier alpha value is -3.01. The van der Waals surface area contributed by atoms with Crippen LogP contribution in [0, 0.1) is 12.3 Å². The molecule has 0 saturated heterocycles. The Bertz CT molecular complexity index is 703. The second-order valence-electron chi connectivity index (χ2n) is 4.07. The van der Waals surface area contributed by atoms with Gasteiger partial charge in [-0.05, 0) is 19.1 Å². The van der Waals surface area contributed by atoms with Gasteiger partial charge in [0, 0.05) is 0 Å². The lowest BCUT2D eigenvalue weighted by molar-refractivity contribution is 0.0520. The van der Waals surface area contributed by atoms with Gasteiger partial charge in [-0.2, -0.15) is 10.3 Å². The Morgan fingerprint density at radius 3 is 2.91 bits per heavy atom. The van der Waals surface area contributed by atoms with Gasteiger partial charge in [0.25, 0.3) is 0 Å². The minimum absolute atomic E-state index is 0.0555. The Morgan fingerprint density at radius 2 is 2.23 bits per heavy atom. The van der Waals surface area contributed by atoms with E-state index in [0.717, 1.165) is 0 Å². The summed E-state index contributed by atoms with van der Waals surface area (Å²) in [6.07, 6.45) is 5.23. The van der Waals surface area contributed by atoms with Crippen LogP contribution in [0.25, 0.3) is 11.3 Å². The number of ether oxygens (including phenoxy) is 3. The number of carbonyl (C=O) groups is 1. The maximum Gasteiger partial charge on any atom is 0.361 e. The molecule has 7 heteroatoms. The fourth-order valence-electron chi connectivity index (χ4n) is 1.89. The standard InChI is InChI=1S/C15H15N3O4/c1-4-9-22-14-10(7-6-8-11(14)20-3)12-13(17-18-16-12)15(19)21-5-2/h1,6-8H,5,9H2,2-3H3,(H,16,17,18). The fourth-order valence-corrected chi connectivity index (χ4v) is 1.89. The molecule has 0 bridgehead atoms. The highest BCUT2D eigenvalue weighted by atomic mass is 16.5. The number of hydrogen-bond donors (Lipinski definition) is 1. The van der Waals surface area contributed by atoms with Crippen molar-refractivity contribution in [1.82, 2.24) is 15.4 Å². The maximum absolute atomic E-state index is 11.9. The first kappa shape index (κ1) is 15.4. The van der Waals surface area contributed by atoms with E-state index in [4.69, 9.17) is 20.6 Å². The van der Waals surface area contributed by atoms with Gasteiger partial charge >= 0.3 is 5.97 Å². The predicted octanol–water partition coefficient (Wildman–Crippen LogP) is 1.67. The predicted molar refractivity (Wildman–Crippen MR) is 78.7 cm³/mol. The Kier molecular flexibility index (Phi) is 4.98. The van der Waals surface area contributed by atoms with Crippen molar-refractivity contribution in [2.24, 2.45) is 0 Å². The zero-order valence-electron chi connectivity index (χ0n) is 12.3. The topological polar surface area (TPSA) is 86.3 Å². The minimum Gasteiger partial charge on any atom is -0.493 e. The smallest absolute Gasteiger partial charge is 0.361 e. The molecule has 0 aliphatic rings. The molecule has 1 aromatic heterocycles. The van der Waals surface area contributed by atoms with Crippen molar-refractivity contribution in [3.8, 4) is 35.1 Å². The average Bonchev–Trinajstić information content (AvgIpc) is 3.02. The zero-order valence-corrected chi connectivity index (χ0v) is 12.3.